The van der Waals surface area contributed by atoms with Gasteiger partial charge in [-0.15, -0.1) is 0 Å². The van der Waals surface area contributed by atoms with Gasteiger partial charge in [-0.05, 0) is 67.9 Å². The quantitative estimate of drug-likeness (QED) is 0.520. The number of nitriles is 2. The number of benzene rings is 3. The van der Waals surface area contributed by atoms with Crippen molar-refractivity contribution in [1.82, 2.24) is 0 Å². The third-order valence-corrected chi connectivity index (χ3v) is 3.93. The third kappa shape index (κ3) is 4.36. The lowest BCUT2D eigenvalue weighted by molar-refractivity contribution is 0.479. The van der Waals surface area contributed by atoms with Crippen LogP contribution < -0.4 is 4.74 Å². The number of rotatable bonds is 4. The van der Waals surface area contributed by atoms with Gasteiger partial charge >= 0.3 is 0 Å². The fourth-order valence-electron chi connectivity index (χ4n) is 2.44. The van der Waals surface area contributed by atoms with Gasteiger partial charge in [0.2, 0.25) is 0 Å². The Morgan fingerprint density at radius 1 is 0.741 bits per heavy atom. The second-order valence-corrected chi connectivity index (χ2v) is 6.02. The van der Waals surface area contributed by atoms with Crippen LogP contribution in [0.4, 0.5) is 11.4 Å². The second-order valence-electron chi connectivity index (χ2n) is 6.02. The monoisotopic (exact) mass is 352 g/mol. The average Bonchev–Trinajstić information content (AvgIpc) is 2.69. The molecule has 0 aliphatic rings. The highest BCUT2D eigenvalue weighted by molar-refractivity contribution is 5.52. The molecule has 0 N–H and O–H groups in total. The summed E-state index contributed by atoms with van der Waals surface area (Å²) < 4.78 is 5.85. The molecule has 0 aliphatic heterocycles. The molecule has 0 bridgehead atoms. The third-order valence-electron chi connectivity index (χ3n) is 3.93. The first-order valence-corrected chi connectivity index (χ1v) is 8.30. The first-order valence-electron chi connectivity index (χ1n) is 8.30. The Balaban J connectivity index is 1.78. The molecule has 0 radical (unpaired) electrons. The predicted octanol–water partition coefficient (Wildman–Crippen LogP) is 6.25. The Morgan fingerprint density at radius 2 is 1.41 bits per heavy atom. The number of hydrogen-bond donors (Lipinski definition) is 0. The molecule has 0 aliphatic carbocycles. The fourth-order valence-corrected chi connectivity index (χ4v) is 2.44. The molecule has 0 fully saturated rings. The van der Waals surface area contributed by atoms with Gasteiger partial charge in [0.05, 0.1) is 22.5 Å². The average molecular weight is 352 g/mol. The summed E-state index contributed by atoms with van der Waals surface area (Å²) in [7, 11) is 0. The molecule has 5 heteroatoms. The zero-order chi connectivity index (χ0) is 19.2. The first kappa shape index (κ1) is 17.8. The van der Waals surface area contributed by atoms with E-state index in [2.05, 4.69) is 10.2 Å². The highest BCUT2D eigenvalue weighted by atomic mass is 16.5. The standard InChI is InChI=1S/C22H16N4O/c1-15-3-6-19(7-4-15)25-26-20-8-10-22(16(2)11-20)27-21-9-5-17(13-23)18(12-21)14-24/h3-12H,1-2H3. The lowest BCUT2D eigenvalue weighted by atomic mass is 10.1. The van der Waals surface area contributed by atoms with E-state index in [4.69, 9.17) is 15.3 Å². The van der Waals surface area contributed by atoms with E-state index in [9.17, 15) is 0 Å². The second kappa shape index (κ2) is 7.95. The minimum atomic E-state index is 0.288. The van der Waals surface area contributed by atoms with Crippen LogP contribution in [0.1, 0.15) is 22.3 Å². The van der Waals surface area contributed by atoms with E-state index in [1.807, 2.05) is 68.5 Å². The summed E-state index contributed by atoms with van der Waals surface area (Å²) in [5.74, 6) is 1.15. The molecule has 3 aromatic rings. The molecule has 0 saturated carbocycles. The van der Waals surface area contributed by atoms with Crippen LogP contribution in [0.3, 0.4) is 0 Å². The summed E-state index contributed by atoms with van der Waals surface area (Å²) in [6, 6.07) is 22.1. The number of azo groups is 1. The van der Waals surface area contributed by atoms with Gasteiger partial charge in [-0.25, -0.2) is 0 Å². The summed E-state index contributed by atoms with van der Waals surface area (Å²) >= 11 is 0. The molecule has 0 atom stereocenters. The largest absolute Gasteiger partial charge is 0.457 e. The van der Waals surface area contributed by atoms with Crippen molar-refractivity contribution in [2.75, 3.05) is 0 Å². The smallest absolute Gasteiger partial charge is 0.130 e. The SMILES string of the molecule is Cc1ccc(N=Nc2ccc(Oc3ccc(C#N)c(C#N)c3)c(C)c2)cc1. The van der Waals surface area contributed by atoms with Crippen LogP contribution in [0.2, 0.25) is 0 Å². The van der Waals surface area contributed by atoms with E-state index in [1.54, 1.807) is 18.2 Å². The van der Waals surface area contributed by atoms with Gasteiger partial charge in [0, 0.05) is 0 Å². The molecule has 27 heavy (non-hydrogen) atoms. The molecule has 5 nitrogen and oxygen atoms in total. The highest BCUT2D eigenvalue weighted by Gasteiger charge is 2.07. The molecule has 3 aromatic carbocycles. The van der Waals surface area contributed by atoms with Crippen molar-refractivity contribution in [3.05, 3.63) is 82.9 Å². The Labute approximate surface area is 157 Å². The van der Waals surface area contributed by atoms with Gasteiger partial charge in [-0.2, -0.15) is 20.8 Å². The Kier molecular flexibility index (Phi) is 5.25. The molecular weight excluding hydrogens is 336 g/mol. The minimum Gasteiger partial charge on any atom is -0.457 e. The van der Waals surface area contributed by atoms with Crippen LogP contribution >= 0.6 is 0 Å². The zero-order valence-corrected chi connectivity index (χ0v) is 15.0. The van der Waals surface area contributed by atoms with E-state index in [-0.39, 0.29) is 5.56 Å². The number of hydrogen-bond acceptors (Lipinski definition) is 5. The Morgan fingerprint density at radius 3 is 2.07 bits per heavy atom. The van der Waals surface area contributed by atoms with E-state index in [0.717, 1.165) is 16.9 Å². The van der Waals surface area contributed by atoms with Gasteiger partial charge in [0.15, 0.2) is 0 Å². The van der Waals surface area contributed by atoms with Crippen molar-refractivity contribution in [3.63, 3.8) is 0 Å². The van der Waals surface area contributed by atoms with Crippen LogP contribution in [0, 0.1) is 36.5 Å². The fraction of sp³-hybridized carbons (Fsp3) is 0.0909. The van der Waals surface area contributed by atoms with Gasteiger partial charge in [0.25, 0.3) is 0 Å². The lowest BCUT2D eigenvalue weighted by Crippen LogP contribution is -1.90. The van der Waals surface area contributed by atoms with Crippen molar-refractivity contribution in [3.8, 4) is 23.6 Å². The number of nitrogens with zero attached hydrogens (tertiary/aromatic N) is 4. The maximum absolute atomic E-state index is 9.12. The Hall–Kier alpha value is -3.96. The highest BCUT2D eigenvalue weighted by Crippen LogP contribution is 2.30. The Bertz CT molecular complexity index is 1090. The lowest BCUT2D eigenvalue weighted by Gasteiger charge is -2.09. The summed E-state index contributed by atoms with van der Waals surface area (Å²) in [6.07, 6.45) is 0. The molecule has 0 saturated heterocycles. The summed E-state index contributed by atoms with van der Waals surface area (Å²) in [4.78, 5) is 0. The van der Waals surface area contributed by atoms with E-state index >= 15 is 0 Å². The maximum atomic E-state index is 9.12. The van der Waals surface area contributed by atoms with Crippen molar-refractivity contribution in [2.24, 2.45) is 10.2 Å². The van der Waals surface area contributed by atoms with Crippen LogP contribution in [-0.4, -0.2) is 0 Å². The zero-order valence-electron chi connectivity index (χ0n) is 15.0. The summed E-state index contributed by atoms with van der Waals surface area (Å²) in [6.45, 7) is 3.94. The van der Waals surface area contributed by atoms with Crippen molar-refractivity contribution < 1.29 is 4.74 Å². The van der Waals surface area contributed by atoms with Crippen LogP contribution in [0.25, 0.3) is 0 Å². The summed E-state index contributed by atoms with van der Waals surface area (Å²) in [5.41, 5.74) is 4.19. The van der Waals surface area contributed by atoms with Gasteiger partial charge in [-0.1, -0.05) is 17.7 Å². The van der Waals surface area contributed by atoms with E-state index in [0.29, 0.717) is 17.1 Å². The molecule has 130 valence electrons. The van der Waals surface area contributed by atoms with E-state index in [1.165, 1.54) is 5.56 Å². The van der Waals surface area contributed by atoms with Gasteiger partial charge in [0.1, 0.15) is 23.6 Å². The molecular formula is C22H16N4O. The number of aryl methyl sites for hydroxylation is 2. The van der Waals surface area contributed by atoms with Crippen LogP contribution in [0.5, 0.6) is 11.5 Å². The van der Waals surface area contributed by atoms with Gasteiger partial charge in [-0.3, -0.25) is 0 Å². The number of ether oxygens (including phenoxy) is 1. The molecule has 0 unspecified atom stereocenters. The maximum Gasteiger partial charge on any atom is 0.130 e. The van der Waals surface area contributed by atoms with E-state index < -0.39 is 0 Å². The molecule has 0 amide bonds. The van der Waals surface area contributed by atoms with Crippen molar-refractivity contribution in [1.29, 1.82) is 10.5 Å². The summed E-state index contributed by atoms with van der Waals surface area (Å²) in [5, 5.41) is 26.6. The topological polar surface area (TPSA) is 81.5 Å². The van der Waals surface area contributed by atoms with Gasteiger partial charge < -0.3 is 4.74 Å². The molecule has 3 rings (SSSR count). The van der Waals surface area contributed by atoms with Crippen LogP contribution in [0.15, 0.2) is 70.9 Å². The normalized spacial score (nSPS) is 10.4. The van der Waals surface area contributed by atoms with Crippen molar-refractivity contribution in [2.45, 2.75) is 13.8 Å². The first-order chi connectivity index (χ1) is 13.1. The van der Waals surface area contributed by atoms with Crippen LogP contribution in [-0.2, 0) is 0 Å². The van der Waals surface area contributed by atoms with Crippen molar-refractivity contribution >= 4 is 11.4 Å². The predicted molar refractivity (Wildman–Crippen MR) is 102 cm³/mol. The molecule has 0 spiro atoms. The molecule has 0 aromatic heterocycles. The minimum absolute atomic E-state index is 0.288. The molecule has 0 heterocycles.